The van der Waals surface area contributed by atoms with E-state index in [-0.39, 0.29) is 4.90 Å². The Morgan fingerprint density at radius 2 is 1.89 bits per heavy atom. The fourth-order valence-corrected chi connectivity index (χ4v) is 5.29. The molecule has 1 N–H and O–H groups in total. The van der Waals surface area contributed by atoms with E-state index in [2.05, 4.69) is 5.16 Å². The molecule has 1 aliphatic rings. The summed E-state index contributed by atoms with van der Waals surface area (Å²) in [7, 11) is -3.63. The molecule has 4 rings (SSSR count). The molecule has 144 valence electrons. The highest BCUT2D eigenvalue weighted by atomic mass is 32.2. The number of nitrogens with one attached hydrogen (secondary N) is 1. The number of para-hydroxylation sites is 2. The van der Waals surface area contributed by atoms with Crippen molar-refractivity contribution in [3.63, 3.8) is 0 Å². The van der Waals surface area contributed by atoms with Gasteiger partial charge in [0, 0.05) is 0 Å². The van der Waals surface area contributed by atoms with E-state index in [1.165, 1.54) is 4.31 Å². The highest BCUT2D eigenvalue weighted by Crippen LogP contribution is 2.23. The van der Waals surface area contributed by atoms with E-state index in [0.717, 1.165) is 10.4 Å². The van der Waals surface area contributed by atoms with Crippen LogP contribution in [-0.2, 0) is 16.7 Å². The quantitative estimate of drug-likeness (QED) is 0.656. The Hall–Kier alpha value is -2.43. The number of quaternary nitrogens is 1. The molecule has 0 aliphatic carbocycles. The van der Waals surface area contributed by atoms with Crippen LogP contribution >= 0.6 is 0 Å². The molecule has 1 saturated heterocycles. The van der Waals surface area contributed by atoms with Crippen LogP contribution in [0.5, 0.6) is 0 Å². The summed E-state index contributed by atoms with van der Waals surface area (Å²) in [4.78, 5) is 13.4. The fourth-order valence-electron chi connectivity index (χ4n) is 3.56. The number of aromatic nitrogens is 2. The van der Waals surface area contributed by atoms with Gasteiger partial charge in [-0.25, -0.2) is 17.8 Å². The highest BCUT2D eigenvalue weighted by molar-refractivity contribution is 7.89. The second-order valence-electron chi connectivity index (χ2n) is 6.73. The van der Waals surface area contributed by atoms with Crippen molar-refractivity contribution in [1.82, 2.24) is 14.0 Å². The summed E-state index contributed by atoms with van der Waals surface area (Å²) < 4.78 is 39.1. The van der Waals surface area contributed by atoms with Gasteiger partial charge in [0.1, 0.15) is 10.6 Å². The van der Waals surface area contributed by atoms with Crippen LogP contribution in [0, 0.1) is 13.8 Å². The third-order valence-electron chi connectivity index (χ3n) is 4.95. The zero-order valence-electron chi connectivity index (χ0n) is 15.1. The standard InChI is InChI=1S/C17H20N4O5S/c1-12-16(13(2)26-18-12)27(23,24)20-9-7-19(8-10-20)11-21-14-5-3-4-6-15(14)25-17(21)22/h3-6H,7-11H2,1-2H3/p+1. The Bertz CT molecular complexity index is 1120. The van der Waals surface area contributed by atoms with Crippen LogP contribution in [0.1, 0.15) is 11.5 Å². The first kappa shape index (κ1) is 18.0. The second kappa shape index (κ2) is 6.63. The summed E-state index contributed by atoms with van der Waals surface area (Å²) in [6, 6.07) is 7.28. The molecule has 0 amide bonds. The maximum absolute atomic E-state index is 12.9. The van der Waals surface area contributed by atoms with Gasteiger partial charge >= 0.3 is 5.76 Å². The average Bonchev–Trinajstić information content (AvgIpc) is 3.15. The lowest BCUT2D eigenvalue weighted by Crippen LogP contribution is -3.14. The number of hydrogen-bond acceptors (Lipinski definition) is 6. The Labute approximate surface area is 155 Å². The van der Waals surface area contributed by atoms with E-state index in [9.17, 15) is 13.2 Å². The molecule has 2 aromatic heterocycles. The van der Waals surface area contributed by atoms with E-state index < -0.39 is 15.8 Å². The lowest BCUT2D eigenvalue weighted by atomic mass is 10.3. The number of rotatable bonds is 4. The Morgan fingerprint density at radius 3 is 2.56 bits per heavy atom. The minimum absolute atomic E-state index is 0.156. The fraction of sp³-hybridized carbons (Fsp3) is 0.412. The summed E-state index contributed by atoms with van der Waals surface area (Å²) in [5.74, 6) is -0.0897. The summed E-state index contributed by atoms with van der Waals surface area (Å²) >= 11 is 0. The molecule has 0 radical (unpaired) electrons. The smallest absolute Gasteiger partial charge is 0.408 e. The summed E-state index contributed by atoms with van der Waals surface area (Å²) in [6.07, 6.45) is 0. The number of hydrogen-bond donors (Lipinski definition) is 1. The molecule has 0 atom stereocenters. The predicted molar refractivity (Wildman–Crippen MR) is 95.9 cm³/mol. The molecule has 1 aliphatic heterocycles. The highest BCUT2D eigenvalue weighted by Gasteiger charge is 2.34. The van der Waals surface area contributed by atoms with Crippen LogP contribution in [0.25, 0.3) is 11.1 Å². The van der Waals surface area contributed by atoms with Gasteiger partial charge < -0.3 is 13.8 Å². The van der Waals surface area contributed by atoms with Gasteiger partial charge in [-0.2, -0.15) is 4.31 Å². The van der Waals surface area contributed by atoms with Crippen molar-refractivity contribution in [2.24, 2.45) is 0 Å². The van der Waals surface area contributed by atoms with Crippen molar-refractivity contribution in [3.8, 4) is 0 Å². The molecule has 3 aromatic rings. The topological polar surface area (TPSA) is 103 Å². The Kier molecular flexibility index (Phi) is 4.41. The largest absolute Gasteiger partial charge is 0.424 e. The molecule has 9 nitrogen and oxygen atoms in total. The van der Waals surface area contributed by atoms with Crippen molar-refractivity contribution >= 4 is 21.1 Å². The Morgan fingerprint density at radius 1 is 1.19 bits per heavy atom. The number of oxazole rings is 1. The third kappa shape index (κ3) is 3.09. The number of sulfonamides is 1. The summed E-state index contributed by atoms with van der Waals surface area (Å²) in [5, 5.41) is 3.75. The molecule has 1 aromatic carbocycles. The van der Waals surface area contributed by atoms with Crippen LogP contribution in [0.2, 0.25) is 0 Å². The SMILES string of the molecule is Cc1noc(C)c1S(=O)(=O)N1CC[NH+](Cn2c(=O)oc3ccccc32)CC1. The van der Waals surface area contributed by atoms with Gasteiger partial charge in [-0.1, -0.05) is 17.3 Å². The normalized spacial score (nSPS) is 17.0. The maximum Gasteiger partial charge on any atom is 0.424 e. The maximum atomic E-state index is 12.9. The molecule has 1 fully saturated rings. The number of fused-ring (bicyclic) bond motifs is 1. The molecule has 3 heterocycles. The van der Waals surface area contributed by atoms with Crippen molar-refractivity contribution < 1.29 is 22.3 Å². The molecule has 0 saturated carbocycles. The zero-order valence-corrected chi connectivity index (χ0v) is 16.0. The lowest BCUT2D eigenvalue weighted by Gasteiger charge is -2.31. The van der Waals surface area contributed by atoms with Crippen LogP contribution < -0.4 is 10.7 Å². The van der Waals surface area contributed by atoms with Gasteiger partial charge in [-0.05, 0) is 26.0 Å². The van der Waals surface area contributed by atoms with E-state index in [4.69, 9.17) is 8.94 Å². The Balaban J connectivity index is 1.49. The molecule has 10 heteroatoms. The van der Waals surface area contributed by atoms with Gasteiger partial charge in [0.2, 0.25) is 10.0 Å². The summed E-state index contributed by atoms with van der Waals surface area (Å²) in [5.41, 5.74) is 1.68. The third-order valence-corrected chi connectivity index (χ3v) is 7.09. The summed E-state index contributed by atoms with van der Waals surface area (Å²) in [6.45, 7) is 5.59. The van der Waals surface area contributed by atoms with Crippen molar-refractivity contribution in [1.29, 1.82) is 0 Å². The van der Waals surface area contributed by atoms with Gasteiger partial charge in [-0.15, -0.1) is 0 Å². The monoisotopic (exact) mass is 393 g/mol. The van der Waals surface area contributed by atoms with E-state index in [1.807, 2.05) is 18.2 Å². The van der Waals surface area contributed by atoms with Gasteiger partial charge in [0.25, 0.3) is 0 Å². The van der Waals surface area contributed by atoms with Crippen LogP contribution in [-0.4, -0.2) is 48.6 Å². The van der Waals surface area contributed by atoms with Crippen LogP contribution in [0.3, 0.4) is 0 Å². The van der Waals surface area contributed by atoms with Crippen molar-refractivity contribution in [2.75, 3.05) is 26.2 Å². The van der Waals surface area contributed by atoms with Gasteiger partial charge in [-0.3, -0.25) is 0 Å². The molecular formula is C17H21N4O5S+. The van der Waals surface area contributed by atoms with E-state index >= 15 is 0 Å². The first-order valence-electron chi connectivity index (χ1n) is 8.73. The molecule has 0 bridgehead atoms. The van der Waals surface area contributed by atoms with Crippen LogP contribution in [0.4, 0.5) is 0 Å². The van der Waals surface area contributed by atoms with Gasteiger partial charge in [0.05, 0.1) is 31.7 Å². The number of benzene rings is 1. The van der Waals surface area contributed by atoms with E-state index in [0.29, 0.717) is 49.9 Å². The molecular weight excluding hydrogens is 372 g/mol. The van der Waals surface area contributed by atoms with Crippen molar-refractivity contribution in [2.45, 2.75) is 25.4 Å². The van der Waals surface area contributed by atoms with E-state index in [1.54, 1.807) is 24.5 Å². The first-order chi connectivity index (χ1) is 12.9. The average molecular weight is 393 g/mol. The van der Waals surface area contributed by atoms with Gasteiger partial charge in [0.15, 0.2) is 18.0 Å². The predicted octanol–water partition coefficient (Wildman–Crippen LogP) is -0.254. The number of piperazine rings is 1. The second-order valence-corrected chi connectivity index (χ2v) is 8.60. The minimum atomic E-state index is -3.63. The number of nitrogens with zero attached hydrogens (tertiary/aromatic N) is 3. The minimum Gasteiger partial charge on any atom is -0.408 e. The van der Waals surface area contributed by atoms with Crippen LogP contribution in [0.15, 0.2) is 42.9 Å². The zero-order chi connectivity index (χ0) is 19.2. The lowest BCUT2D eigenvalue weighted by molar-refractivity contribution is -0.926. The number of aryl methyl sites for hydroxylation is 2. The molecule has 27 heavy (non-hydrogen) atoms. The first-order valence-corrected chi connectivity index (χ1v) is 10.2. The molecule has 0 spiro atoms. The molecule has 0 unspecified atom stereocenters. The van der Waals surface area contributed by atoms with Crippen molar-refractivity contribution in [3.05, 3.63) is 46.3 Å².